The molecule has 2 rings (SSSR count). The monoisotopic (exact) mass is 348 g/mol. The van der Waals surface area contributed by atoms with Gasteiger partial charge in [0.05, 0.1) is 7.11 Å². The third-order valence-electron chi connectivity index (χ3n) is 4.39. The van der Waals surface area contributed by atoms with Gasteiger partial charge in [-0.05, 0) is 43.0 Å². The van der Waals surface area contributed by atoms with Crippen LogP contribution < -0.4 is 10.1 Å². The summed E-state index contributed by atoms with van der Waals surface area (Å²) >= 11 is 0. The highest BCUT2D eigenvalue weighted by molar-refractivity contribution is 5.98. The topological polar surface area (TPSA) is 95.9 Å². The summed E-state index contributed by atoms with van der Waals surface area (Å²) in [7, 11) is 1.54. The van der Waals surface area contributed by atoms with Gasteiger partial charge in [0.1, 0.15) is 17.8 Å². The van der Waals surface area contributed by atoms with E-state index in [2.05, 4.69) is 5.32 Å². The molecule has 0 saturated carbocycles. The SMILES string of the molecule is COc1ccc(C(=O)NC(C(=O)N2CCC[C@H]2C(=O)O)C(C)C)cc1. The molecule has 0 aromatic heterocycles. The largest absolute Gasteiger partial charge is 0.497 e. The maximum atomic E-state index is 12.8. The smallest absolute Gasteiger partial charge is 0.326 e. The minimum absolute atomic E-state index is 0.162. The molecule has 0 spiro atoms. The Morgan fingerprint density at radius 1 is 1.24 bits per heavy atom. The molecule has 25 heavy (non-hydrogen) atoms. The summed E-state index contributed by atoms with van der Waals surface area (Å²) in [5.41, 5.74) is 0.412. The van der Waals surface area contributed by atoms with Gasteiger partial charge in [-0.15, -0.1) is 0 Å². The summed E-state index contributed by atoms with van der Waals surface area (Å²) in [5, 5.41) is 12.0. The van der Waals surface area contributed by atoms with Gasteiger partial charge in [-0.1, -0.05) is 13.8 Å². The lowest BCUT2D eigenvalue weighted by Crippen LogP contribution is -2.53. The van der Waals surface area contributed by atoms with Crippen molar-refractivity contribution in [2.75, 3.05) is 13.7 Å². The van der Waals surface area contributed by atoms with Gasteiger partial charge >= 0.3 is 5.97 Å². The Kier molecular flexibility index (Phi) is 6.01. The van der Waals surface area contributed by atoms with Crippen LogP contribution in [0.5, 0.6) is 5.75 Å². The van der Waals surface area contributed by atoms with Crippen LogP contribution in [0, 0.1) is 5.92 Å². The number of ether oxygens (including phenoxy) is 1. The van der Waals surface area contributed by atoms with E-state index in [-0.39, 0.29) is 17.7 Å². The molecular weight excluding hydrogens is 324 g/mol. The zero-order valence-electron chi connectivity index (χ0n) is 14.7. The van der Waals surface area contributed by atoms with Crippen molar-refractivity contribution < 1.29 is 24.2 Å². The van der Waals surface area contributed by atoms with E-state index < -0.39 is 18.1 Å². The molecule has 1 aromatic rings. The molecular formula is C18H24N2O5. The van der Waals surface area contributed by atoms with Crippen molar-refractivity contribution in [3.8, 4) is 5.75 Å². The van der Waals surface area contributed by atoms with E-state index in [1.54, 1.807) is 24.3 Å². The van der Waals surface area contributed by atoms with Gasteiger partial charge in [-0.2, -0.15) is 0 Å². The third kappa shape index (κ3) is 4.29. The second kappa shape index (κ2) is 8.00. The molecule has 1 fully saturated rings. The number of hydrogen-bond acceptors (Lipinski definition) is 4. The molecule has 0 radical (unpaired) electrons. The van der Waals surface area contributed by atoms with Crippen molar-refractivity contribution in [2.45, 2.75) is 38.8 Å². The van der Waals surface area contributed by atoms with Crippen LogP contribution >= 0.6 is 0 Å². The zero-order chi connectivity index (χ0) is 18.6. The van der Waals surface area contributed by atoms with E-state index in [9.17, 15) is 19.5 Å². The molecule has 1 heterocycles. The molecule has 0 bridgehead atoms. The molecule has 1 aliphatic heterocycles. The molecule has 0 aliphatic carbocycles. The standard InChI is InChI=1S/C18H24N2O5/c1-11(2)15(17(22)20-10-4-5-14(20)18(23)24)19-16(21)12-6-8-13(25-3)9-7-12/h6-9,11,14-15H,4-5,10H2,1-3H3,(H,19,21)(H,23,24)/t14-,15?/m0/s1. The lowest BCUT2D eigenvalue weighted by Gasteiger charge is -2.29. The van der Waals surface area contributed by atoms with Gasteiger partial charge in [0.2, 0.25) is 5.91 Å². The van der Waals surface area contributed by atoms with Crippen molar-refractivity contribution in [2.24, 2.45) is 5.92 Å². The summed E-state index contributed by atoms with van der Waals surface area (Å²) in [4.78, 5) is 37.9. The van der Waals surface area contributed by atoms with Gasteiger partial charge in [-0.3, -0.25) is 9.59 Å². The lowest BCUT2D eigenvalue weighted by atomic mass is 10.0. The second-order valence-electron chi connectivity index (χ2n) is 6.45. The van der Waals surface area contributed by atoms with Gasteiger partial charge in [-0.25, -0.2) is 4.79 Å². The average Bonchev–Trinajstić information content (AvgIpc) is 3.08. The van der Waals surface area contributed by atoms with E-state index in [1.165, 1.54) is 12.0 Å². The highest BCUT2D eigenvalue weighted by Crippen LogP contribution is 2.20. The highest BCUT2D eigenvalue weighted by Gasteiger charge is 2.38. The fourth-order valence-corrected chi connectivity index (χ4v) is 2.95. The number of carboxylic acid groups (broad SMARTS) is 1. The summed E-state index contributed by atoms with van der Waals surface area (Å²) < 4.78 is 5.06. The van der Waals surface area contributed by atoms with Crippen molar-refractivity contribution in [1.29, 1.82) is 0 Å². The number of benzene rings is 1. The van der Waals surface area contributed by atoms with Crippen LogP contribution in [-0.2, 0) is 9.59 Å². The van der Waals surface area contributed by atoms with Crippen LogP contribution in [0.3, 0.4) is 0 Å². The molecule has 136 valence electrons. The van der Waals surface area contributed by atoms with Gasteiger partial charge in [0.25, 0.3) is 5.91 Å². The molecule has 7 heteroatoms. The molecule has 1 aliphatic rings. The maximum Gasteiger partial charge on any atom is 0.326 e. The molecule has 2 amide bonds. The van der Waals surface area contributed by atoms with Gasteiger partial charge in [0, 0.05) is 12.1 Å². The van der Waals surface area contributed by atoms with Crippen molar-refractivity contribution in [1.82, 2.24) is 10.2 Å². The Morgan fingerprint density at radius 2 is 1.88 bits per heavy atom. The Hall–Kier alpha value is -2.57. The summed E-state index contributed by atoms with van der Waals surface area (Å²) in [6.45, 7) is 4.04. The Bertz CT molecular complexity index is 641. The first-order valence-electron chi connectivity index (χ1n) is 8.33. The Labute approximate surface area is 147 Å². The molecule has 1 saturated heterocycles. The number of hydrogen-bond donors (Lipinski definition) is 2. The van der Waals surface area contributed by atoms with E-state index in [0.29, 0.717) is 30.7 Å². The third-order valence-corrected chi connectivity index (χ3v) is 4.39. The maximum absolute atomic E-state index is 12.8. The van der Waals surface area contributed by atoms with Gasteiger partial charge in [0.15, 0.2) is 0 Å². The van der Waals surface area contributed by atoms with E-state index in [1.807, 2.05) is 13.8 Å². The fourth-order valence-electron chi connectivity index (χ4n) is 2.95. The molecule has 1 unspecified atom stereocenters. The van der Waals surface area contributed by atoms with Crippen LogP contribution in [0.15, 0.2) is 24.3 Å². The Morgan fingerprint density at radius 3 is 2.40 bits per heavy atom. The van der Waals surface area contributed by atoms with Crippen molar-refractivity contribution >= 4 is 17.8 Å². The number of carbonyl (C=O) groups is 3. The van der Waals surface area contributed by atoms with Crippen LogP contribution in [-0.4, -0.2) is 53.5 Å². The first-order chi connectivity index (χ1) is 11.8. The summed E-state index contributed by atoms with van der Waals surface area (Å²) in [5.74, 6) is -1.25. The first kappa shape index (κ1) is 18.8. The summed E-state index contributed by atoms with van der Waals surface area (Å²) in [6.07, 6.45) is 1.10. The normalized spacial score (nSPS) is 18.1. The molecule has 2 N–H and O–H groups in total. The zero-order valence-corrected chi connectivity index (χ0v) is 14.7. The van der Waals surface area contributed by atoms with Gasteiger partial charge < -0.3 is 20.1 Å². The average molecular weight is 348 g/mol. The van der Waals surface area contributed by atoms with Crippen molar-refractivity contribution in [3.63, 3.8) is 0 Å². The second-order valence-corrected chi connectivity index (χ2v) is 6.45. The molecule has 1 aromatic carbocycles. The number of carboxylic acids is 1. The van der Waals surface area contributed by atoms with E-state index in [0.717, 1.165) is 0 Å². The van der Waals surface area contributed by atoms with Crippen LogP contribution in [0.4, 0.5) is 0 Å². The fraction of sp³-hybridized carbons (Fsp3) is 0.500. The van der Waals surface area contributed by atoms with Crippen LogP contribution in [0.2, 0.25) is 0 Å². The number of nitrogens with one attached hydrogen (secondary N) is 1. The van der Waals surface area contributed by atoms with E-state index >= 15 is 0 Å². The number of likely N-dealkylation sites (tertiary alicyclic amines) is 1. The van der Waals surface area contributed by atoms with Crippen LogP contribution in [0.1, 0.15) is 37.0 Å². The number of methoxy groups -OCH3 is 1. The quantitative estimate of drug-likeness (QED) is 0.813. The van der Waals surface area contributed by atoms with E-state index in [4.69, 9.17) is 4.74 Å². The molecule has 2 atom stereocenters. The summed E-state index contributed by atoms with van der Waals surface area (Å²) in [6, 6.07) is 4.99. The minimum Gasteiger partial charge on any atom is -0.497 e. The molecule has 7 nitrogen and oxygen atoms in total. The lowest BCUT2D eigenvalue weighted by molar-refractivity contribution is -0.149. The first-order valence-corrected chi connectivity index (χ1v) is 8.33. The van der Waals surface area contributed by atoms with Crippen LogP contribution in [0.25, 0.3) is 0 Å². The van der Waals surface area contributed by atoms with Crippen molar-refractivity contribution in [3.05, 3.63) is 29.8 Å². The minimum atomic E-state index is -1.00. The number of aliphatic carboxylic acids is 1. The number of amides is 2. The Balaban J connectivity index is 2.13. The number of rotatable bonds is 6. The number of carbonyl (C=O) groups excluding carboxylic acids is 2. The number of nitrogens with zero attached hydrogens (tertiary/aromatic N) is 1. The predicted octanol–water partition coefficient (Wildman–Crippen LogP) is 1.53. The highest BCUT2D eigenvalue weighted by atomic mass is 16.5. The predicted molar refractivity (Wildman–Crippen MR) is 91.5 cm³/mol.